The van der Waals surface area contributed by atoms with E-state index in [1.165, 1.54) is 38.5 Å². The molecule has 0 radical (unpaired) electrons. The van der Waals surface area contributed by atoms with Crippen LogP contribution in [-0.2, 0) is 6.42 Å². The largest absolute Gasteiger partial charge is 0.238 e. The van der Waals surface area contributed by atoms with Crippen molar-refractivity contribution in [1.82, 2.24) is 9.97 Å². The molecule has 0 aliphatic heterocycles. The number of hydrogen-bond donors (Lipinski definition) is 0. The maximum absolute atomic E-state index is 6.08. The minimum atomic E-state index is 0.530. The van der Waals surface area contributed by atoms with Crippen LogP contribution in [0.15, 0.2) is 6.07 Å². The van der Waals surface area contributed by atoms with Crippen LogP contribution in [0.1, 0.15) is 69.8 Å². The Morgan fingerprint density at radius 3 is 2.50 bits per heavy atom. The second kappa shape index (κ2) is 6.51. The monoisotopic (exact) mass is 266 g/mol. The molecule has 3 heteroatoms. The molecule has 0 unspecified atom stereocenters. The van der Waals surface area contributed by atoms with Crippen molar-refractivity contribution in [3.63, 3.8) is 0 Å². The van der Waals surface area contributed by atoms with Crippen LogP contribution in [0.3, 0.4) is 0 Å². The van der Waals surface area contributed by atoms with Crippen LogP contribution in [0, 0.1) is 5.92 Å². The molecule has 0 spiro atoms. The molecule has 1 aliphatic carbocycles. The highest BCUT2D eigenvalue weighted by atomic mass is 35.5. The fourth-order valence-electron chi connectivity index (χ4n) is 2.96. The molecular weight excluding hydrogens is 244 g/mol. The topological polar surface area (TPSA) is 25.8 Å². The summed E-state index contributed by atoms with van der Waals surface area (Å²) in [5.74, 6) is 2.44. The van der Waals surface area contributed by atoms with Gasteiger partial charge in [-0.15, -0.1) is 0 Å². The van der Waals surface area contributed by atoms with Gasteiger partial charge in [-0.3, -0.25) is 0 Å². The molecule has 1 fully saturated rings. The lowest BCUT2D eigenvalue weighted by Crippen LogP contribution is -2.16. The Labute approximate surface area is 115 Å². The average Bonchev–Trinajstić information content (AvgIpc) is 2.39. The van der Waals surface area contributed by atoms with Crippen LogP contribution in [-0.4, -0.2) is 9.97 Å². The first kappa shape index (κ1) is 13.8. The van der Waals surface area contributed by atoms with Gasteiger partial charge in [-0.25, -0.2) is 9.97 Å². The van der Waals surface area contributed by atoms with Crippen LogP contribution in [0.4, 0.5) is 0 Å². The van der Waals surface area contributed by atoms with Crippen LogP contribution in [0.25, 0.3) is 0 Å². The Kier molecular flexibility index (Phi) is 4.99. The molecular formula is C15H23ClN2. The van der Waals surface area contributed by atoms with Gasteiger partial charge in [0.15, 0.2) is 0 Å². The van der Waals surface area contributed by atoms with Crippen molar-refractivity contribution in [1.29, 1.82) is 0 Å². The highest BCUT2D eigenvalue weighted by Crippen LogP contribution is 2.36. The lowest BCUT2D eigenvalue weighted by atomic mass is 9.80. The SMILES string of the molecule is CCCC1CCC(c2nc(Cl)cc(CC)n2)CC1. The van der Waals surface area contributed by atoms with E-state index in [4.69, 9.17) is 11.6 Å². The molecule has 2 nitrogen and oxygen atoms in total. The minimum Gasteiger partial charge on any atom is -0.238 e. The number of halogens is 1. The summed E-state index contributed by atoms with van der Waals surface area (Å²) >= 11 is 6.08. The summed E-state index contributed by atoms with van der Waals surface area (Å²) in [5.41, 5.74) is 1.07. The van der Waals surface area contributed by atoms with Crippen molar-refractivity contribution in [3.8, 4) is 0 Å². The minimum absolute atomic E-state index is 0.530. The zero-order chi connectivity index (χ0) is 13.0. The summed E-state index contributed by atoms with van der Waals surface area (Å²) in [6.07, 6.45) is 8.74. The first-order valence-corrected chi connectivity index (χ1v) is 7.64. The summed E-state index contributed by atoms with van der Waals surface area (Å²) in [4.78, 5) is 9.08. The molecule has 100 valence electrons. The number of nitrogens with zero attached hydrogens (tertiary/aromatic N) is 2. The summed E-state index contributed by atoms with van der Waals surface area (Å²) in [6, 6.07) is 1.88. The molecule has 0 atom stereocenters. The predicted octanol–water partition coefficient (Wildman–Crippen LogP) is 4.77. The van der Waals surface area contributed by atoms with E-state index >= 15 is 0 Å². The molecule has 0 saturated heterocycles. The maximum atomic E-state index is 6.08. The van der Waals surface area contributed by atoms with Gasteiger partial charge in [-0.1, -0.05) is 38.3 Å². The Balaban J connectivity index is 2.02. The van der Waals surface area contributed by atoms with E-state index < -0.39 is 0 Å². The molecule has 0 bridgehead atoms. The van der Waals surface area contributed by atoms with Gasteiger partial charge in [0.1, 0.15) is 11.0 Å². The molecule has 1 aromatic rings. The van der Waals surface area contributed by atoms with Gasteiger partial charge in [-0.05, 0) is 44.1 Å². The molecule has 1 saturated carbocycles. The highest BCUT2D eigenvalue weighted by molar-refractivity contribution is 6.29. The molecule has 1 aromatic heterocycles. The van der Waals surface area contributed by atoms with E-state index in [2.05, 4.69) is 23.8 Å². The van der Waals surface area contributed by atoms with Crippen LogP contribution < -0.4 is 0 Å². The number of hydrogen-bond acceptors (Lipinski definition) is 2. The van der Waals surface area contributed by atoms with Gasteiger partial charge >= 0.3 is 0 Å². The summed E-state index contributed by atoms with van der Waals surface area (Å²) < 4.78 is 0. The summed E-state index contributed by atoms with van der Waals surface area (Å²) in [5, 5.41) is 0.604. The van der Waals surface area contributed by atoms with Gasteiger partial charge in [0, 0.05) is 11.6 Å². The number of aryl methyl sites for hydroxylation is 1. The van der Waals surface area contributed by atoms with Crippen molar-refractivity contribution in [2.24, 2.45) is 5.92 Å². The summed E-state index contributed by atoms with van der Waals surface area (Å²) in [7, 11) is 0. The van der Waals surface area contributed by atoms with Crippen LogP contribution >= 0.6 is 11.6 Å². The van der Waals surface area contributed by atoms with Crippen molar-refractivity contribution >= 4 is 11.6 Å². The maximum Gasteiger partial charge on any atom is 0.133 e. The van der Waals surface area contributed by atoms with Gasteiger partial charge in [0.2, 0.25) is 0 Å². The lowest BCUT2D eigenvalue weighted by molar-refractivity contribution is 0.302. The van der Waals surface area contributed by atoms with Gasteiger partial charge < -0.3 is 0 Å². The fourth-order valence-corrected chi connectivity index (χ4v) is 3.18. The van der Waals surface area contributed by atoms with Gasteiger partial charge in [-0.2, -0.15) is 0 Å². The second-order valence-corrected chi connectivity index (χ2v) is 5.79. The van der Waals surface area contributed by atoms with Crippen LogP contribution in [0.2, 0.25) is 5.15 Å². The van der Waals surface area contributed by atoms with E-state index in [0.29, 0.717) is 11.1 Å². The lowest BCUT2D eigenvalue weighted by Gasteiger charge is -2.27. The van der Waals surface area contributed by atoms with Gasteiger partial charge in [0.05, 0.1) is 0 Å². The molecule has 1 aliphatic rings. The smallest absolute Gasteiger partial charge is 0.133 e. The van der Waals surface area contributed by atoms with E-state index in [1.807, 2.05) is 6.07 Å². The Morgan fingerprint density at radius 1 is 1.17 bits per heavy atom. The average molecular weight is 267 g/mol. The van der Waals surface area contributed by atoms with E-state index in [9.17, 15) is 0 Å². The fraction of sp³-hybridized carbons (Fsp3) is 0.733. The molecule has 0 amide bonds. The Morgan fingerprint density at radius 2 is 1.89 bits per heavy atom. The molecule has 1 heterocycles. The molecule has 0 N–H and O–H groups in total. The first-order chi connectivity index (χ1) is 8.72. The van der Waals surface area contributed by atoms with E-state index in [0.717, 1.165) is 23.9 Å². The molecule has 18 heavy (non-hydrogen) atoms. The number of rotatable bonds is 4. The first-order valence-electron chi connectivity index (χ1n) is 7.26. The number of aromatic nitrogens is 2. The Bertz CT molecular complexity index is 384. The predicted molar refractivity (Wildman–Crippen MR) is 76.0 cm³/mol. The van der Waals surface area contributed by atoms with E-state index in [-0.39, 0.29) is 0 Å². The third-order valence-electron chi connectivity index (χ3n) is 4.04. The van der Waals surface area contributed by atoms with Crippen molar-refractivity contribution in [2.45, 2.75) is 64.7 Å². The third-order valence-corrected chi connectivity index (χ3v) is 4.23. The normalized spacial score (nSPS) is 24.2. The third kappa shape index (κ3) is 3.44. The second-order valence-electron chi connectivity index (χ2n) is 5.40. The molecule has 2 rings (SSSR count). The van der Waals surface area contributed by atoms with Crippen molar-refractivity contribution < 1.29 is 0 Å². The summed E-state index contributed by atoms with van der Waals surface area (Å²) in [6.45, 7) is 4.39. The zero-order valence-electron chi connectivity index (χ0n) is 11.5. The Hall–Kier alpha value is -0.630. The zero-order valence-corrected chi connectivity index (χ0v) is 12.2. The van der Waals surface area contributed by atoms with E-state index in [1.54, 1.807) is 0 Å². The van der Waals surface area contributed by atoms with Gasteiger partial charge in [0.25, 0.3) is 0 Å². The quantitative estimate of drug-likeness (QED) is 0.734. The standard InChI is InChI=1S/C15H23ClN2/c1-3-5-11-6-8-12(9-7-11)15-17-13(4-2)10-14(16)18-15/h10-12H,3-9H2,1-2H3. The van der Waals surface area contributed by atoms with Crippen LogP contribution in [0.5, 0.6) is 0 Å². The van der Waals surface area contributed by atoms with Crippen molar-refractivity contribution in [2.75, 3.05) is 0 Å². The molecule has 0 aromatic carbocycles. The van der Waals surface area contributed by atoms with Crippen molar-refractivity contribution in [3.05, 3.63) is 22.7 Å². The highest BCUT2D eigenvalue weighted by Gasteiger charge is 2.24.